The topological polar surface area (TPSA) is 46.5 Å². The van der Waals surface area contributed by atoms with Gasteiger partial charge in [-0.2, -0.15) is 0 Å². The molecule has 0 aromatic rings. The van der Waals surface area contributed by atoms with Crippen LogP contribution in [0, 0.1) is 23.2 Å². The van der Waals surface area contributed by atoms with Crippen LogP contribution in [-0.4, -0.2) is 23.3 Å². The van der Waals surface area contributed by atoms with E-state index in [-0.39, 0.29) is 11.4 Å². The van der Waals surface area contributed by atoms with E-state index in [1.165, 1.54) is 19.3 Å². The quantitative estimate of drug-likeness (QED) is 0.743. The van der Waals surface area contributed by atoms with Gasteiger partial charge in [-0.1, -0.05) is 33.6 Å². The van der Waals surface area contributed by atoms with E-state index in [2.05, 4.69) is 20.8 Å². The van der Waals surface area contributed by atoms with Crippen molar-refractivity contribution in [2.24, 2.45) is 23.2 Å². The Bertz CT molecular complexity index is 392. The maximum atomic E-state index is 12.4. The van der Waals surface area contributed by atoms with E-state index in [9.17, 15) is 9.90 Å². The van der Waals surface area contributed by atoms with E-state index >= 15 is 0 Å². The van der Waals surface area contributed by atoms with Crippen molar-refractivity contribution in [2.75, 3.05) is 6.61 Å². The van der Waals surface area contributed by atoms with Gasteiger partial charge < -0.3 is 9.84 Å². The smallest absolute Gasteiger partial charge is 0.312 e. The predicted molar refractivity (Wildman–Crippen MR) is 88.4 cm³/mol. The monoisotopic (exact) mass is 310 g/mol. The van der Waals surface area contributed by atoms with Gasteiger partial charge in [-0.05, 0) is 63.2 Å². The van der Waals surface area contributed by atoms with E-state index in [4.69, 9.17) is 4.74 Å². The van der Waals surface area contributed by atoms with Gasteiger partial charge in [0.2, 0.25) is 0 Å². The number of carbonyl (C=O) groups excluding carboxylic acids is 1. The molecular formula is C19H34O3. The number of hydrogen-bond donors (Lipinski definition) is 1. The summed E-state index contributed by atoms with van der Waals surface area (Å²) < 4.78 is 5.60. The molecule has 2 fully saturated rings. The van der Waals surface area contributed by atoms with Gasteiger partial charge >= 0.3 is 5.97 Å². The second-order valence-electron chi connectivity index (χ2n) is 8.34. The third kappa shape index (κ3) is 3.84. The molecule has 0 radical (unpaired) electrons. The second kappa shape index (κ2) is 6.90. The van der Waals surface area contributed by atoms with Crippen molar-refractivity contribution in [2.45, 2.75) is 84.7 Å². The highest BCUT2D eigenvalue weighted by atomic mass is 16.5. The molecular weight excluding hydrogens is 276 g/mol. The molecule has 0 amide bonds. The summed E-state index contributed by atoms with van der Waals surface area (Å²) in [7, 11) is 0. The fourth-order valence-corrected chi connectivity index (χ4v) is 4.43. The molecule has 0 aromatic carbocycles. The lowest BCUT2D eigenvalue weighted by Gasteiger charge is -2.45. The summed E-state index contributed by atoms with van der Waals surface area (Å²) in [4.78, 5) is 12.4. The first kappa shape index (κ1) is 17.8. The van der Waals surface area contributed by atoms with Crippen molar-refractivity contribution >= 4 is 5.97 Å². The van der Waals surface area contributed by atoms with Crippen molar-refractivity contribution in [1.29, 1.82) is 0 Å². The zero-order valence-corrected chi connectivity index (χ0v) is 14.9. The first-order valence-electron chi connectivity index (χ1n) is 9.18. The molecule has 3 heteroatoms. The van der Waals surface area contributed by atoms with Gasteiger partial charge in [-0.25, -0.2) is 0 Å². The van der Waals surface area contributed by atoms with Crippen LogP contribution in [0.1, 0.15) is 79.1 Å². The Hall–Kier alpha value is -0.570. The normalized spacial score (nSPS) is 34.3. The molecule has 0 saturated heterocycles. The molecule has 2 aliphatic rings. The summed E-state index contributed by atoms with van der Waals surface area (Å²) in [6.45, 7) is 8.74. The number of esters is 1. The highest BCUT2D eigenvalue weighted by Crippen LogP contribution is 2.46. The number of hydrogen-bond acceptors (Lipinski definition) is 3. The number of aliphatic hydroxyl groups is 1. The molecule has 128 valence electrons. The molecule has 4 unspecified atom stereocenters. The Labute approximate surface area is 135 Å². The molecule has 2 aliphatic carbocycles. The van der Waals surface area contributed by atoms with Crippen molar-refractivity contribution in [3.05, 3.63) is 0 Å². The number of ether oxygens (including phenoxy) is 1. The fourth-order valence-electron chi connectivity index (χ4n) is 4.43. The van der Waals surface area contributed by atoms with Gasteiger partial charge in [0.25, 0.3) is 0 Å². The van der Waals surface area contributed by atoms with Crippen LogP contribution < -0.4 is 0 Å². The van der Waals surface area contributed by atoms with Gasteiger partial charge in [0, 0.05) is 0 Å². The molecule has 1 N–H and O–H groups in total. The third-order valence-electron chi connectivity index (χ3n) is 6.49. The van der Waals surface area contributed by atoms with Crippen LogP contribution in [0.25, 0.3) is 0 Å². The Kier molecular flexibility index (Phi) is 5.58. The summed E-state index contributed by atoms with van der Waals surface area (Å²) in [5.41, 5.74) is -0.799. The molecule has 2 rings (SSSR count). The molecule has 22 heavy (non-hydrogen) atoms. The van der Waals surface area contributed by atoms with Crippen molar-refractivity contribution in [1.82, 2.24) is 0 Å². The van der Waals surface area contributed by atoms with Gasteiger partial charge in [0.1, 0.15) is 0 Å². The van der Waals surface area contributed by atoms with E-state index in [1.807, 2.05) is 6.92 Å². The first-order chi connectivity index (χ1) is 10.3. The van der Waals surface area contributed by atoms with Crippen LogP contribution in [0.15, 0.2) is 0 Å². The molecule has 0 spiro atoms. The molecule has 0 heterocycles. The third-order valence-corrected chi connectivity index (χ3v) is 6.49. The largest absolute Gasteiger partial charge is 0.465 e. The van der Waals surface area contributed by atoms with Crippen molar-refractivity contribution in [3.63, 3.8) is 0 Å². The fraction of sp³-hybridized carbons (Fsp3) is 0.947. The summed E-state index contributed by atoms with van der Waals surface area (Å²) in [5.74, 6) is 1.44. The maximum Gasteiger partial charge on any atom is 0.312 e. The van der Waals surface area contributed by atoms with Crippen LogP contribution in [0.4, 0.5) is 0 Å². The number of carbonyl (C=O) groups is 1. The average Bonchev–Trinajstić information content (AvgIpc) is 2.44. The van der Waals surface area contributed by atoms with Gasteiger partial charge in [0.05, 0.1) is 17.6 Å². The van der Waals surface area contributed by atoms with Gasteiger partial charge in [0.15, 0.2) is 0 Å². The molecule has 4 atom stereocenters. The highest BCUT2D eigenvalue weighted by Gasteiger charge is 2.41. The molecule has 0 aliphatic heterocycles. The lowest BCUT2D eigenvalue weighted by molar-refractivity contribution is -0.158. The Morgan fingerprint density at radius 3 is 2.73 bits per heavy atom. The van der Waals surface area contributed by atoms with Gasteiger partial charge in [-0.15, -0.1) is 0 Å². The lowest BCUT2D eigenvalue weighted by Crippen LogP contribution is -2.42. The Morgan fingerprint density at radius 1 is 1.41 bits per heavy atom. The minimum atomic E-state index is -0.425. The maximum absolute atomic E-state index is 12.4. The van der Waals surface area contributed by atoms with Crippen LogP contribution in [0.3, 0.4) is 0 Å². The summed E-state index contributed by atoms with van der Waals surface area (Å²) in [6, 6.07) is 0. The molecule has 2 saturated carbocycles. The van der Waals surface area contributed by atoms with E-state index in [1.54, 1.807) is 0 Å². The lowest BCUT2D eigenvalue weighted by atomic mass is 9.65. The number of fused-ring (bicyclic) bond motifs is 2. The summed E-state index contributed by atoms with van der Waals surface area (Å²) in [5, 5.41) is 10.6. The van der Waals surface area contributed by atoms with Crippen molar-refractivity contribution in [3.8, 4) is 0 Å². The molecule has 2 bridgehead atoms. The van der Waals surface area contributed by atoms with Crippen LogP contribution in [0.2, 0.25) is 0 Å². The minimum absolute atomic E-state index is 0.0558. The Morgan fingerprint density at radius 2 is 2.14 bits per heavy atom. The predicted octanol–water partition coefficient (Wildman–Crippen LogP) is 4.32. The molecule has 3 nitrogen and oxygen atoms in total. The van der Waals surface area contributed by atoms with Crippen LogP contribution in [-0.2, 0) is 9.53 Å². The summed E-state index contributed by atoms with van der Waals surface area (Å²) in [6.07, 6.45) is 8.21. The van der Waals surface area contributed by atoms with Gasteiger partial charge in [-0.3, -0.25) is 4.79 Å². The van der Waals surface area contributed by atoms with E-state index < -0.39 is 5.60 Å². The highest BCUT2D eigenvalue weighted by molar-refractivity contribution is 5.76. The SMILES string of the molecule is CCC(C)(C(=O)OCCC1CC2CCCC(O)(C2)C1)C(C)C. The minimum Gasteiger partial charge on any atom is -0.465 e. The van der Waals surface area contributed by atoms with E-state index in [0.29, 0.717) is 24.4 Å². The first-order valence-corrected chi connectivity index (χ1v) is 9.18. The molecule has 0 aromatic heterocycles. The number of rotatable bonds is 6. The van der Waals surface area contributed by atoms with Crippen molar-refractivity contribution < 1.29 is 14.6 Å². The van der Waals surface area contributed by atoms with Crippen LogP contribution >= 0.6 is 0 Å². The zero-order valence-electron chi connectivity index (χ0n) is 14.9. The van der Waals surface area contributed by atoms with Crippen LogP contribution in [0.5, 0.6) is 0 Å². The average molecular weight is 310 g/mol. The van der Waals surface area contributed by atoms with E-state index in [0.717, 1.165) is 32.1 Å². The standard InChI is InChI=1S/C19H34O3/c1-5-18(4,14(2)3)17(20)22-10-8-16-11-15-7-6-9-19(21,12-15)13-16/h14-16,21H,5-13H2,1-4H3. The summed E-state index contributed by atoms with van der Waals surface area (Å²) >= 11 is 0. The Balaban J connectivity index is 1.80. The zero-order chi connectivity index (χ0) is 16.4. The second-order valence-corrected chi connectivity index (χ2v) is 8.34.